The van der Waals surface area contributed by atoms with Crippen LogP contribution in [0.5, 0.6) is 0 Å². The number of benzene rings is 3. The van der Waals surface area contributed by atoms with Gasteiger partial charge in [-0.05, 0) is 31.2 Å². The third-order valence-corrected chi connectivity index (χ3v) is 5.77. The third-order valence-electron chi connectivity index (χ3n) is 5.22. The van der Waals surface area contributed by atoms with E-state index in [2.05, 4.69) is 0 Å². The Labute approximate surface area is 186 Å². The van der Waals surface area contributed by atoms with Crippen molar-refractivity contribution in [1.29, 1.82) is 0 Å². The van der Waals surface area contributed by atoms with E-state index in [1.807, 2.05) is 6.07 Å². The summed E-state index contributed by atoms with van der Waals surface area (Å²) in [5.74, 6) is 0.346. The van der Waals surface area contributed by atoms with Crippen molar-refractivity contribution in [1.82, 2.24) is 0 Å². The maximum Gasteiger partial charge on any atom is 0.228 e. The molecule has 0 saturated carbocycles. The van der Waals surface area contributed by atoms with Crippen molar-refractivity contribution in [3.05, 3.63) is 104 Å². The molecular formula is C25H14Cl2O4. The second-order valence-corrected chi connectivity index (χ2v) is 8.04. The summed E-state index contributed by atoms with van der Waals surface area (Å²) in [5, 5.41) is 1.95. The smallest absolute Gasteiger partial charge is 0.228 e. The lowest BCUT2D eigenvalue weighted by Gasteiger charge is -2.06. The van der Waals surface area contributed by atoms with Gasteiger partial charge in [0.1, 0.15) is 16.9 Å². The number of rotatable bonds is 3. The Morgan fingerprint density at radius 1 is 0.839 bits per heavy atom. The number of fused-ring (bicyclic) bond motifs is 2. The summed E-state index contributed by atoms with van der Waals surface area (Å²) in [7, 11) is 0. The van der Waals surface area contributed by atoms with E-state index in [0.717, 1.165) is 0 Å². The Hall–Kier alpha value is -3.34. The van der Waals surface area contributed by atoms with Crippen LogP contribution in [0.4, 0.5) is 0 Å². The molecule has 0 aliphatic rings. The molecule has 0 atom stereocenters. The summed E-state index contributed by atoms with van der Waals surface area (Å²) >= 11 is 12.2. The number of carbonyl (C=O) groups excluding carboxylic acids is 1. The Kier molecular flexibility index (Phi) is 4.69. The highest BCUT2D eigenvalue weighted by Crippen LogP contribution is 2.34. The molecule has 4 nitrogen and oxygen atoms in total. The minimum absolute atomic E-state index is 0.216. The molecule has 0 radical (unpaired) electrons. The summed E-state index contributed by atoms with van der Waals surface area (Å²) in [6.07, 6.45) is 0. The lowest BCUT2D eigenvalue weighted by Crippen LogP contribution is -2.01. The summed E-state index contributed by atoms with van der Waals surface area (Å²) < 4.78 is 11.9. The van der Waals surface area contributed by atoms with E-state index in [9.17, 15) is 9.59 Å². The molecule has 0 aliphatic heterocycles. The predicted octanol–water partition coefficient (Wildman–Crippen LogP) is 7.05. The monoisotopic (exact) mass is 448 g/mol. The van der Waals surface area contributed by atoms with Gasteiger partial charge in [0.2, 0.25) is 5.78 Å². The van der Waals surface area contributed by atoms with Crippen LogP contribution in [-0.2, 0) is 0 Å². The van der Waals surface area contributed by atoms with Crippen molar-refractivity contribution in [3.8, 4) is 11.3 Å². The fourth-order valence-electron chi connectivity index (χ4n) is 3.63. The maximum atomic E-state index is 12.9. The van der Waals surface area contributed by atoms with Gasteiger partial charge in [-0.1, -0.05) is 53.5 Å². The largest absolute Gasteiger partial charge is 0.456 e. The average molecular weight is 449 g/mol. The molecule has 31 heavy (non-hydrogen) atoms. The summed E-state index contributed by atoms with van der Waals surface area (Å²) in [6, 6.07) is 18.6. The lowest BCUT2D eigenvalue weighted by molar-refractivity contribution is 0.101. The highest BCUT2D eigenvalue weighted by atomic mass is 35.5. The molecule has 6 heteroatoms. The van der Waals surface area contributed by atoms with E-state index in [1.54, 1.807) is 61.5 Å². The van der Waals surface area contributed by atoms with Gasteiger partial charge in [0.25, 0.3) is 0 Å². The topological polar surface area (TPSA) is 60.4 Å². The highest BCUT2D eigenvalue weighted by Gasteiger charge is 2.21. The lowest BCUT2D eigenvalue weighted by atomic mass is 10.0. The van der Waals surface area contributed by atoms with E-state index in [-0.39, 0.29) is 17.0 Å². The molecule has 2 aromatic heterocycles. The van der Waals surface area contributed by atoms with Crippen LogP contribution in [0.1, 0.15) is 21.7 Å². The second kappa shape index (κ2) is 7.41. The van der Waals surface area contributed by atoms with Crippen LogP contribution < -0.4 is 5.43 Å². The van der Waals surface area contributed by atoms with Gasteiger partial charge in [0.15, 0.2) is 11.2 Å². The first-order chi connectivity index (χ1) is 14.9. The van der Waals surface area contributed by atoms with Crippen LogP contribution >= 0.6 is 23.2 Å². The molecule has 0 spiro atoms. The van der Waals surface area contributed by atoms with E-state index in [0.29, 0.717) is 54.4 Å². The molecule has 0 N–H and O–H groups in total. The molecule has 0 saturated heterocycles. The zero-order valence-electron chi connectivity index (χ0n) is 16.2. The summed E-state index contributed by atoms with van der Waals surface area (Å²) in [4.78, 5) is 25.7. The van der Waals surface area contributed by atoms with Gasteiger partial charge < -0.3 is 8.83 Å². The molecule has 0 bridgehead atoms. The first kappa shape index (κ1) is 19.6. The Morgan fingerprint density at radius 2 is 1.58 bits per heavy atom. The van der Waals surface area contributed by atoms with E-state index < -0.39 is 0 Å². The minimum Gasteiger partial charge on any atom is -0.456 e. The molecule has 2 heterocycles. The maximum absolute atomic E-state index is 12.9. The zero-order chi connectivity index (χ0) is 21.7. The highest BCUT2D eigenvalue weighted by molar-refractivity contribution is 6.36. The quantitative estimate of drug-likeness (QED) is 0.277. The number of halogens is 2. The molecule has 0 aliphatic carbocycles. The SMILES string of the molecule is Cc1c(C(=O)c2ccccc2)oc2cc3oc(-c4ccc(Cl)cc4Cl)cc(=O)c3cc12. The van der Waals surface area contributed by atoms with Crippen molar-refractivity contribution in [2.24, 2.45) is 0 Å². The van der Waals surface area contributed by atoms with E-state index >= 15 is 0 Å². The van der Waals surface area contributed by atoms with Crippen molar-refractivity contribution >= 4 is 50.9 Å². The number of furan rings is 1. The second-order valence-electron chi connectivity index (χ2n) is 7.19. The summed E-state index contributed by atoms with van der Waals surface area (Å²) in [5.41, 5.74) is 2.35. The zero-order valence-corrected chi connectivity index (χ0v) is 17.8. The van der Waals surface area contributed by atoms with Crippen LogP contribution in [0.3, 0.4) is 0 Å². The van der Waals surface area contributed by atoms with Gasteiger partial charge in [-0.25, -0.2) is 0 Å². The fraction of sp³-hybridized carbons (Fsp3) is 0.0400. The first-order valence-corrected chi connectivity index (χ1v) is 10.2. The predicted molar refractivity (Wildman–Crippen MR) is 122 cm³/mol. The molecule has 5 aromatic rings. The van der Waals surface area contributed by atoms with Gasteiger partial charge in [0, 0.05) is 39.2 Å². The van der Waals surface area contributed by atoms with Crippen molar-refractivity contribution in [2.75, 3.05) is 0 Å². The van der Waals surface area contributed by atoms with Gasteiger partial charge in [-0.2, -0.15) is 0 Å². The van der Waals surface area contributed by atoms with Crippen molar-refractivity contribution in [3.63, 3.8) is 0 Å². The number of hydrogen-bond acceptors (Lipinski definition) is 4. The fourth-order valence-corrected chi connectivity index (χ4v) is 4.13. The number of carbonyl (C=O) groups is 1. The Morgan fingerprint density at radius 3 is 2.32 bits per heavy atom. The van der Waals surface area contributed by atoms with Crippen LogP contribution in [0, 0.1) is 6.92 Å². The van der Waals surface area contributed by atoms with Gasteiger partial charge in [-0.3, -0.25) is 9.59 Å². The average Bonchev–Trinajstić information content (AvgIpc) is 3.08. The Balaban J connectivity index is 1.70. The van der Waals surface area contributed by atoms with Crippen LogP contribution in [-0.4, -0.2) is 5.78 Å². The van der Waals surface area contributed by atoms with E-state index in [4.69, 9.17) is 32.0 Å². The molecule has 0 amide bonds. The molecule has 0 fully saturated rings. The third kappa shape index (κ3) is 3.34. The van der Waals surface area contributed by atoms with E-state index in [1.165, 1.54) is 6.07 Å². The van der Waals surface area contributed by atoms with Gasteiger partial charge in [-0.15, -0.1) is 0 Å². The first-order valence-electron chi connectivity index (χ1n) is 9.48. The summed E-state index contributed by atoms with van der Waals surface area (Å²) in [6.45, 7) is 1.80. The van der Waals surface area contributed by atoms with Crippen LogP contribution in [0.25, 0.3) is 33.3 Å². The van der Waals surface area contributed by atoms with Crippen molar-refractivity contribution in [2.45, 2.75) is 6.92 Å². The molecule has 0 unspecified atom stereocenters. The molecular weight excluding hydrogens is 435 g/mol. The van der Waals surface area contributed by atoms with Crippen LogP contribution in [0.15, 0.2) is 80.4 Å². The standard InChI is InChI=1S/C25H14Cl2O4/c1-13-17-10-18-20(28)11-21(16-8-7-15(26)9-19(16)27)30-23(18)12-22(17)31-25(13)24(29)14-5-3-2-4-6-14/h2-12H,1H3. The molecule has 3 aromatic carbocycles. The molecule has 152 valence electrons. The number of aryl methyl sites for hydroxylation is 1. The normalized spacial score (nSPS) is 11.3. The molecule has 5 rings (SSSR count). The van der Waals surface area contributed by atoms with Gasteiger partial charge >= 0.3 is 0 Å². The number of ketones is 1. The van der Waals surface area contributed by atoms with Crippen molar-refractivity contribution < 1.29 is 13.6 Å². The number of hydrogen-bond donors (Lipinski definition) is 0. The van der Waals surface area contributed by atoms with Crippen LogP contribution in [0.2, 0.25) is 10.0 Å². The van der Waals surface area contributed by atoms with Gasteiger partial charge in [0.05, 0.1) is 10.4 Å². The Bertz CT molecular complexity index is 1550. The minimum atomic E-state index is -0.222.